The van der Waals surface area contributed by atoms with Gasteiger partial charge in [-0.05, 0) is 91.9 Å². The van der Waals surface area contributed by atoms with Crippen molar-refractivity contribution in [3.8, 4) is 0 Å². The normalized spacial score (nSPS) is 21.0. The monoisotopic (exact) mass is 1500 g/mol. The van der Waals surface area contributed by atoms with Crippen LogP contribution in [0.3, 0.4) is 0 Å². The third-order valence-electron chi connectivity index (χ3n) is 21.0. The summed E-state index contributed by atoms with van der Waals surface area (Å²) in [6, 6.07) is 2.70. The molecule has 8 atom stereocenters. The summed E-state index contributed by atoms with van der Waals surface area (Å²) in [5.74, 6) is 0. The van der Waals surface area contributed by atoms with Crippen molar-refractivity contribution >= 4 is 0 Å². The van der Waals surface area contributed by atoms with Gasteiger partial charge in [0.25, 0.3) is 0 Å². The summed E-state index contributed by atoms with van der Waals surface area (Å²) in [7, 11) is 0. The van der Waals surface area contributed by atoms with E-state index < -0.39 is 18.3 Å². The molecule has 7 aliphatic carbocycles. The molecular formula is C84H169N5O16. The van der Waals surface area contributed by atoms with Crippen molar-refractivity contribution in [2.75, 3.05) is 158 Å². The number of rotatable bonds is 52. The molecule has 0 aliphatic heterocycles. The summed E-state index contributed by atoms with van der Waals surface area (Å²) in [5, 5.41) is 68.6. The highest BCUT2D eigenvalue weighted by atomic mass is 16.6. The van der Waals surface area contributed by atoms with Crippen LogP contribution in [0.15, 0.2) is 0 Å². The lowest BCUT2D eigenvalue weighted by Gasteiger charge is -2.29. The zero-order valence-electron chi connectivity index (χ0n) is 68.9. The van der Waals surface area contributed by atoms with Crippen LogP contribution in [0.5, 0.6) is 0 Å². The Labute approximate surface area is 642 Å². The molecule has 10 N–H and O–H groups in total. The van der Waals surface area contributed by atoms with Gasteiger partial charge in [-0.2, -0.15) is 0 Å². The molecule has 21 heteroatoms. The predicted molar refractivity (Wildman–Crippen MR) is 426 cm³/mol. The van der Waals surface area contributed by atoms with Gasteiger partial charge in [-0.25, -0.2) is 0 Å². The summed E-state index contributed by atoms with van der Waals surface area (Å²) in [6.07, 6.45) is 46.1. The van der Waals surface area contributed by atoms with E-state index in [0.29, 0.717) is 162 Å². The van der Waals surface area contributed by atoms with Gasteiger partial charge in [-0.1, -0.05) is 201 Å². The third-order valence-corrected chi connectivity index (χ3v) is 21.0. The molecular weight excluding hydrogens is 1330 g/mol. The fourth-order valence-electron chi connectivity index (χ4n) is 14.6. The van der Waals surface area contributed by atoms with Gasteiger partial charge in [0.2, 0.25) is 0 Å². The first-order valence-electron chi connectivity index (χ1n) is 43.6. The molecule has 7 rings (SSSR count). The zero-order chi connectivity index (χ0) is 76.0. The highest BCUT2D eigenvalue weighted by molar-refractivity contribution is 4.80. The molecule has 105 heavy (non-hydrogen) atoms. The molecule has 626 valence electrons. The molecule has 0 heterocycles. The Morgan fingerprint density at radius 3 is 0.705 bits per heavy atom. The summed E-state index contributed by atoms with van der Waals surface area (Å²) >= 11 is 0. The lowest BCUT2D eigenvalue weighted by atomic mass is 9.95. The molecule has 21 nitrogen and oxygen atoms in total. The number of nitrogens with one attached hydrogen (secondary N) is 5. The molecule has 7 saturated carbocycles. The number of aliphatic hydroxyl groups is 5. The van der Waals surface area contributed by atoms with Crippen molar-refractivity contribution in [2.24, 2.45) is 10.8 Å². The second-order valence-corrected chi connectivity index (χ2v) is 33.1. The first-order valence-corrected chi connectivity index (χ1v) is 43.6. The van der Waals surface area contributed by atoms with Crippen molar-refractivity contribution in [2.45, 2.75) is 372 Å². The molecule has 8 unspecified atom stereocenters. The van der Waals surface area contributed by atoms with Crippen LogP contribution in [-0.4, -0.2) is 263 Å². The van der Waals surface area contributed by atoms with Gasteiger partial charge < -0.3 is 104 Å². The van der Waals surface area contributed by atoms with Gasteiger partial charge in [-0.3, -0.25) is 0 Å². The van der Waals surface area contributed by atoms with Crippen LogP contribution in [0.2, 0.25) is 0 Å². The van der Waals surface area contributed by atoms with Gasteiger partial charge in [0.05, 0.1) is 130 Å². The van der Waals surface area contributed by atoms with Crippen molar-refractivity contribution in [1.82, 2.24) is 26.6 Å². The Bertz CT molecular complexity index is 1770. The van der Waals surface area contributed by atoms with E-state index in [1.807, 2.05) is 27.7 Å². The van der Waals surface area contributed by atoms with Crippen molar-refractivity contribution < 1.29 is 77.6 Å². The summed E-state index contributed by atoms with van der Waals surface area (Å²) in [5.41, 5.74) is -0.571. The van der Waals surface area contributed by atoms with Gasteiger partial charge in [0.15, 0.2) is 0 Å². The van der Waals surface area contributed by atoms with Crippen molar-refractivity contribution in [1.29, 1.82) is 0 Å². The molecule has 0 saturated heterocycles. The Morgan fingerprint density at radius 1 is 0.238 bits per heavy atom. The quantitative estimate of drug-likeness (QED) is 0.0271. The summed E-state index contributed by atoms with van der Waals surface area (Å²) in [6.45, 7) is 27.1. The van der Waals surface area contributed by atoms with Gasteiger partial charge in [-0.15, -0.1) is 0 Å². The van der Waals surface area contributed by atoms with E-state index >= 15 is 0 Å². The van der Waals surface area contributed by atoms with E-state index in [2.05, 4.69) is 54.3 Å². The Balaban J connectivity index is 0.000000563. The molecule has 7 fully saturated rings. The van der Waals surface area contributed by atoms with E-state index in [-0.39, 0.29) is 67.8 Å². The first kappa shape index (κ1) is 98.4. The highest BCUT2D eigenvalue weighted by Crippen LogP contribution is 2.24. The Morgan fingerprint density at radius 2 is 0.429 bits per heavy atom. The zero-order valence-corrected chi connectivity index (χ0v) is 68.9. The Hall–Kier alpha value is -0.840. The van der Waals surface area contributed by atoms with Crippen LogP contribution in [0.1, 0.15) is 293 Å². The minimum Gasteiger partial charge on any atom is -0.389 e. The Kier molecular flexibility index (Phi) is 62.4. The molecule has 0 amide bonds. The second kappa shape index (κ2) is 66.6. The number of hydrogen-bond donors (Lipinski definition) is 10. The lowest BCUT2D eigenvalue weighted by Crippen LogP contribution is -2.41. The topological polar surface area (TPSA) is 263 Å². The maximum absolute atomic E-state index is 10.9. The maximum atomic E-state index is 10.9. The predicted octanol–water partition coefficient (Wildman–Crippen LogP) is 12.5. The van der Waals surface area contributed by atoms with Crippen LogP contribution < -0.4 is 26.6 Å². The lowest BCUT2D eigenvalue weighted by molar-refractivity contribution is -0.105. The van der Waals surface area contributed by atoms with Gasteiger partial charge >= 0.3 is 0 Å². The number of aliphatic hydroxyl groups excluding tert-OH is 5. The molecule has 0 aromatic carbocycles. The molecule has 0 bridgehead atoms. The molecule has 0 spiro atoms. The molecule has 0 radical (unpaired) electrons. The number of ether oxygens (including phenoxy) is 11. The van der Waals surface area contributed by atoms with Crippen LogP contribution in [0, 0.1) is 10.8 Å². The minimum absolute atomic E-state index is 0.134. The van der Waals surface area contributed by atoms with E-state index in [1.165, 1.54) is 238 Å². The second-order valence-electron chi connectivity index (χ2n) is 33.1. The van der Waals surface area contributed by atoms with Crippen molar-refractivity contribution in [3.05, 3.63) is 0 Å². The molecule has 7 aliphatic rings. The SMILES string of the molecule is C1CCCCC1.C1CCCCC1.CCOCC(COCC(C)(C)COCC(O)COC(CNC1CCCCC1)COCC(C)(C)COCC(COCC)OCC(O)CNC1CCCCC1)OCC(O)CNC1CCCCC1.CCOCC(O)CNC1CCCCC1.CCOCC(O)CNC1CCCCC1. The minimum atomic E-state index is -0.794. The average molecular weight is 1510 g/mol. The van der Waals surface area contributed by atoms with E-state index in [9.17, 15) is 25.5 Å². The van der Waals surface area contributed by atoms with Gasteiger partial charge in [0, 0.05) is 100 Å². The third kappa shape index (κ3) is 57.8. The summed E-state index contributed by atoms with van der Waals surface area (Å²) < 4.78 is 64.5. The number of hydrogen-bond acceptors (Lipinski definition) is 21. The van der Waals surface area contributed by atoms with Crippen molar-refractivity contribution in [3.63, 3.8) is 0 Å². The van der Waals surface area contributed by atoms with Crippen LogP contribution in [0.25, 0.3) is 0 Å². The largest absolute Gasteiger partial charge is 0.389 e. The maximum Gasteiger partial charge on any atom is 0.104 e. The highest BCUT2D eigenvalue weighted by Gasteiger charge is 2.27. The molecule has 0 aromatic heterocycles. The summed E-state index contributed by atoms with van der Waals surface area (Å²) in [4.78, 5) is 0. The van der Waals surface area contributed by atoms with E-state index in [0.717, 1.165) is 0 Å². The standard InChI is InChI=1S/C50H99N3O12.2C11H23NO2.2C6H12/c1-7-57-32-47(64-28-43(54)24-51-40-18-12-9-13-19-40)34-61-38-49(3,4)36-59-27-45(56)30-63-46(26-53-42-22-16-11-17-23-42)31-60-37-50(5,6)39-62-35-48(33-58-8-2)65-29-44(55)25-52-41-20-14-10-15-21-41;2*1-2-14-9-11(13)8-12-10-6-4-3-5-7-10;2*1-2-4-6-5-3-1/h40-48,51-56H,7-39H2,1-6H3;2*10-13H,2-9H2,1H3;2*1-6H2. The smallest absolute Gasteiger partial charge is 0.104 e. The average Bonchev–Trinajstić information content (AvgIpc) is 0.992. The van der Waals surface area contributed by atoms with Crippen LogP contribution in [-0.2, 0) is 52.1 Å². The van der Waals surface area contributed by atoms with Crippen LogP contribution in [0.4, 0.5) is 0 Å². The van der Waals surface area contributed by atoms with E-state index in [1.54, 1.807) is 0 Å². The first-order chi connectivity index (χ1) is 51.0. The van der Waals surface area contributed by atoms with Crippen LogP contribution >= 0.6 is 0 Å². The van der Waals surface area contributed by atoms with Gasteiger partial charge in [0.1, 0.15) is 18.3 Å². The van der Waals surface area contributed by atoms with E-state index in [4.69, 9.17) is 52.1 Å². The fraction of sp³-hybridized carbons (Fsp3) is 1.00. The fourth-order valence-corrected chi connectivity index (χ4v) is 14.6. The molecule has 0 aromatic rings.